The van der Waals surface area contributed by atoms with Crippen molar-refractivity contribution in [3.63, 3.8) is 0 Å². The van der Waals surface area contributed by atoms with E-state index in [1.54, 1.807) is 6.07 Å². The summed E-state index contributed by atoms with van der Waals surface area (Å²) in [6, 6.07) is 3.26. The predicted octanol–water partition coefficient (Wildman–Crippen LogP) is 1.84. The van der Waals surface area contributed by atoms with Crippen LogP contribution >= 0.6 is 0 Å². The maximum atomic E-state index is 12.9. The van der Waals surface area contributed by atoms with Crippen molar-refractivity contribution in [1.29, 1.82) is 5.26 Å². The lowest BCUT2D eigenvalue weighted by atomic mass is 10.1. The monoisotopic (exact) mass is 181 g/mol. The lowest BCUT2D eigenvalue weighted by Crippen LogP contribution is -1.97. The number of aldehydes is 1. The molecule has 4 heteroatoms. The summed E-state index contributed by atoms with van der Waals surface area (Å²) in [7, 11) is 0. The van der Waals surface area contributed by atoms with Gasteiger partial charge in [-0.1, -0.05) is 0 Å². The molecule has 0 radical (unpaired) electrons. The van der Waals surface area contributed by atoms with Crippen molar-refractivity contribution in [3.05, 3.63) is 34.9 Å². The van der Waals surface area contributed by atoms with Crippen molar-refractivity contribution in [2.75, 3.05) is 0 Å². The second kappa shape index (κ2) is 3.76. The third-order valence-electron chi connectivity index (χ3n) is 1.58. The second-order valence-corrected chi connectivity index (χ2v) is 2.41. The zero-order chi connectivity index (χ0) is 9.84. The van der Waals surface area contributed by atoms with Crippen molar-refractivity contribution < 1.29 is 13.6 Å². The van der Waals surface area contributed by atoms with Gasteiger partial charge >= 0.3 is 0 Å². The molecule has 13 heavy (non-hydrogen) atoms. The Bertz CT molecular complexity index is 382. The summed E-state index contributed by atoms with van der Waals surface area (Å²) in [5.74, 6) is -1.68. The summed E-state index contributed by atoms with van der Waals surface area (Å²) in [5, 5.41) is 8.31. The summed E-state index contributed by atoms with van der Waals surface area (Å²) in [6.07, 6.45) is 0.0962. The molecule has 1 aromatic carbocycles. The Morgan fingerprint density at radius 3 is 2.69 bits per heavy atom. The van der Waals surface area contributed by atoms with Crippen LogP contribution in [0.4, 0.5) is 8.78 Å². The minimum atomic E-state index is -0.858. The highest BCUT2D eigenvalue weighted by molar-refractivity contribution is 5.77. The highest BCUT2D eigenvalue weighted by Crippen LogP contribution is 2.14. The summed E-state index contributed by atoms with van der Waals surface area (Å²) >= 11 is 0. The van der Waals surface area contributed by atoms with E-state index in [-0.39, 0.29) is 17.5 Å². The van der Waals surface area contributed by atoms with Crippen LogP contribution in [0.5, 0.6) is 0 Å². The molecular weight excluding hydrogens is 176 g/mol. The molecule has 0 saturated carbocycles. The van der Waals surface area contributed by atoms with E-state index in [2.05, 4.69) is 0 Å². The Balaban J connectivity index is 3.31. The average Bonchev–Trinajstić information content (AvgIpc) is 2.09. The Morgan fingerprint density at radius 2 is 2.15 bits per heavy atom. The third-order valence-corrected chi connectivity index (χ3v) is 1.58. The lowest BCUT2D eigenvalue weighted by molar-refractivity contribution is 0.112. The first kappa shape index (κ1) is 9.33. The first-order valence-electron chi connectivity index (χ1n) is 3.49. The molecule has 0 heterocycles. The number of hydrogen-bond donors (Lipinski definition) is 0. The summed E-state index contributed by atoms with van der Waals surface area (Å²) in [4.78, 5) is 10.4. The summed E-state index contributed by atoms with van der Waals surface area (Å²) < 4.78 is 25.5. The van der Waals surface area contributed by atoms with Gasteiger partial charge in [0.15, 0.2) is 6.29 Å². The van der Waals surface area contributed by atoms with Gasteiger partial charge in [-0.3, -0.25) is 4.79 Å². The Morgan fingerprint density at radius 1 is 1.46 bits per heavy atom. The smallest absolute Gasteiger partial charge is 0.150 e. The number of halogens is 2. The molecule has 0 aliphatic heterocycles. The maximum absolute atomic E-state index is 12.9. The molecule has 0 atom stereocenters. The minimum Gasteiger partial charge on any atom is -0.298 e. The van der Waals surface area contributed by atoms with Gasteiger partial charge in [-0.15, -0.1) is 0 Å². The largest absolute Gasteiger partial charge is 0.298 e. The van der Waals surface area contributed by atoms with Crippen LogP contribution in [0.2, 0.25) is 0 Å². The van der Waals surface area contributed by atoms with Crippen LogP contribution in [0.15, 0.2) is 12.1 Å². The number of carbonyl (C=O) groups excluding carboxylic acids is 1. The highest BCUT2D eigenvalue weighted by Gasteiger charge is 2.09. The number of nitriles is 1. The normalized spacial score (nSPS) is 9.31. The van der Waals surface area contributed by atoms with E-state index in [1.165, 1.54) is 0 Å². The molecular formula is C9H5F2NO. The number of nitrogens with zero attached hydrogens (tertiary/aromatic N) is 1. The Labute approximate surface area is 73.4 Å². The predicted molar refractivity (Wildman–Crippen MR) is 41.1 cm³/mol. The van der Waals surface area contributed by atoms with Crippen molar-refractivity contribution in [3.8, 4) is 6.07 Å². The summed E-state index contributed by atoms with van der Waals surface area (Å²) in [6.45, 7) is 0. The third kappa shape index (κ3) is 1.88. The molecule has 0 spiro atoms. The molecule has 2 nitrogen and oxygen atoms in total. The van der Waals surface area contributed by atoms with Gasteiger partial charge in [0.1, 0.15) is 11.6 Å². The van der Waals surface area contributed by atoms with E-state index in [9.17, 15) is 13.6 Å². The standard InChI is InChI=1S/C9H5F2NO/c10-7-3-6(5-13)8(1-2-12)9(11)4-7/h3-5H,1H2. The lowest BCUT2D eigenvalue weighted by Gasteiger charge is -2.01. The van der Waals surface area contributed by atoms with E-state index in [4.69, 9.17) is 5.26 Å². The highest BCUT2D eigenvalue weighted by atomic mass is 19.1. The molecule has 66 valence electrons. The molecule has 0 N–H and O–H groups in total. The molecule has 0 saturated heterocycles. The molecule has 0 aliphatic carbocycles. The molecule has 0 aromatic heterocycles. The zero-order valence-electron chi connectivity index (χ0n) is 6.55. The first-order valence-corrected chi connectivity index (χ1v) is 3.49. The minimum absolute atomic E-state index is 0.0566. The zero-order valence-corrected chi connectivity index (χ0v) is 6.55. The Hall–Kier alpha value is -1.76. The van der Waals surface area contributed by atoms with Gasteiger partial charge in [0.25, 0.3) is 0 Å². The first-order chi connectivity index (χ1) is 6.19. The molecule has 0 aliphatic rings. The van der Waals surface area contributed by atoms with Gasteiger partial charge in [0, 0.05) is 17.2 Å². The van der Waals surface area contributed by atoms with Gasteiger partial charge in [0.2, 0.25) is 0 Å². The van der Waals surface area contributed by atoms with Gasteiger partial charge in [-0.25, -0.2) is 8.78 Å². The van der Waals surface area contributed by atoms with Crippen molar-refractivity contribution in [2.24, 2.45) is 0 Å². The fourth-order valence-corrected chi connectivity index (χ4v) is 0.994. The van der Waals surface area contributed by atoms with Crippen molar-refractivity contribution in [1.82, 2.24) is 0 Å². The molecule has 0 unspecified atom stereocenters. The van der Waals surface area contributed by atoms with Crippen LogP contribution in [0.1, 0.15) is 15.9 Å². The van der Waals surface area contributed by atoms with Gasteiger partial charge in [0.05, 0.1) is 12.5 Å². The van der Waals surface area contributed by atoms with Gasteiger partial charge < -0.3 is 0 Å². The van der Waals surface area contributed by atoms with Gasteiger partial charge in [-0.05, 0) is 6.07 Å². The maximum Gasteiger partial charge on any atom is 0.150 e. The van der Waals surface area contributed by atoms with Crippen LogP contribution in [0.25, 0.3) is 0 Å². The van der Waals surface area contributed by atoms with Crippen molar-refractivity contribution in [2.45, 2.75) is 6.42 Å². The topological polar surface area (TPSA) is 40.9 Å². The Kier molecular flexibility index (Phi) is 2.70. The molecule has 1 aromatic rings. The number of hydrogen-bond acceptors (Lipinski definition) is 2. The van der Waals surface area contributed by atoms with E-state index in [1.807, 2.05) is 0 Å². The van der Waals surface area contributed by atoms with Crippen molar-refractivity contribution >= 4 is 6.29 Å². The fraction of sp³-hybridized carbons (Fsp3) is 0.111. The number of rotatable bonds is 2. The van der Waals surface area contributed by atoms with Crippen LogP contribution < -0.4 is 0 Å². The van der Waals surface area contributed by atoms with Crippen LogP contribution in [-0.4, -0.2) is 6.29 Å². The molecule has 0 fully saturated rings. The van der Waals surface area contributed by atoms with E-state index in [0.717, 1.165) is 6.07 Å². The quantitative estimate of drug-likeness (QED) is 0.653. The fourth-order valence-electron chi connectivity index (χ4n) is 0.994. The molecule has 1 rings (SSSR count). The van der Waals surface area contributed by atoms with Crippen LogP contribution in [0, 0.1) is 23.0 Å². The SMILES string of the molecule is N#CCc1c(F)cc(F)cc1C=O. The van der Waals surface area contributed by atoms with E-state index >= 15 is 0 Å². The average molecular weight is 181 g/mol. The molecule has 0 bridgehead atoms. The summed E-state index contributed by atoms with van der Waals surface area (Å²) in [5.41, 5.74) is -0.169. The van der Waals surface area contributed by atoms with Crippen LogP contribution in [0.3, 0.4) is 0 Å². The molecule has 0 amide bonds. The van der Waals surface area contributed by atoms with E-state index < -0.39 is 11.6 Å². The second-order valence-electron chi connectivity index (χ2n) is 2.41. The van der Waals surface area contributed by atoms with E-state index in [0.29, 0.717) is 12.4 Å². The number of carbonyl (C=O) groups is 1. The van der Waals surface area contributed by atoms with Crippen LogP contribution in [-0.2, 0) is 6.42 Å². The van der Waals surface area contributed by atoms with Gasteiger partial charge in [-0.2, -0.15) is 5.26 Å². The number of benzene rings is 1.